The van der Waals surface area contributed by atoms with E-state index in [1.54, 1.807) is 7.05 Å². The van der Waals surface area contributed by atoms with E-state index in [0.29, 0.717) is 4.34 Å². The van der Waals surface area contributed by atoms with Gasteiger partial charge in [-0.25, -0.2) is 0 Å². The fraction of sp³-hybridized carbons (Fsp3) is 0.250. The van der Waals surface area contributed by atoms with E-state index in [1.165, 1.54) is 21.6 Å². The molecular formula is C4H5Cl2NOSZn. The minimum Gasteiger partial charge on any atom is -0.268 e. The van der Waals surface area contributed by atoms with Gasteiger partial charge in [0.2, 0.25) is 0 Å². The Morgan fingerprint density at radius 3 is 2.30 bits per heavy atom. The van der Waals surface area contributed by atoms with E-state index in [0.717, 1.165) is 0 Å². The molecule has 0 radical (unpaired) electrons. The summed E-state index contributed by atoms with van der Waals surface area (Å²) in [6.07, 6.45) is 0. The summed E-state index contributed by atoms with van der Waals surface area (Å²) in [5.74, 6) is 0. The minimum absolute atomic E-state index is 0. The molecule has 0 spiro atoms. The first-order chi connectivity index (χ1) is 3.70. The molecule has 0 fully saturated rings. The summed E-state index contributed by atoms with van der Waals surface area (Å²) in [7, 11) is 1.68. The second kappa shape index (κ2) is 5.31. The maximum absolute atomic E-state index is 10.5. The van der Waals surface area contributed by atoms with Crippen LogP contribution in [0.25, 0.3) is 0 Å². The van der Waals surface area contributed by atoms with Crippen LogP contribution in [0.1, 0.15) is 0 Å². The number of rotatable bonds is 0. The van der Waals surface area contributed by atoms with Gasteiger partial charge in [0.25, 0.3) is 5.56 Å². The molecule has 0 aliphatic rings. The molecule has 6 heteroatoms. The number of halogens is 2. The molecule has 0 aliphatic carbocycles. The molecule has 1 aromatic rings. The average Bonchev–Trinajstić information content (AvgIpc) is 1.85. The molecule has 1 aromatic heterocycles. The minimum atomic E-state index is -0.0417. The summed E-state index contributed by atoms with van der Waals surface area (Å²) in [5, 5.41) is 0. The molecule has 0 amide bonds. The van der Waals surface area contributed by atoms with Gasteiger partial charge in [-0.15, -0.1) is 12.4 Å². The number of nitrogens with zero attached hydrogens (tertiary/aromatic N) is 1. The van der Waals surface area contributed by atoms with Gasteiger partial charge < -0.3 is 0 Å². The van der Waals surface area contributed by atoms with Crippen LogP contribution >= 0.6 is 35.5 Å². The Morgan fingerprint density at radius 1 is 1.70 bits per heavy atom. The van der Waals surface area contributed by atoms with Crippen molar-refractivity contribution >= 4 is 35.5 Å². The Hall–Kier alpha value is 0.633. The van der Waals surface area contributed by atoms with Gasteiger partial charge in [0.1, 0.15) is 4.34 Å². The molecule has 1 rings (SSSR count). The molecule has 0 bridgehead atoms. The third-order valence-corrected chi connectivity index (χ3v) is 1.83. The standard InChI is InChI=1S/C4H4ClNOS.ClH.Zn/c1-6-4(7)2-3(5)8-6;;/h2H,1H3;1H;. The molecule has 2 nitrogen and oxygen atoms in total. The van der Waals surface area contributed by atoms with Gasteiger partial charge in [-0.1, -0.05) is 11.6 Å². The van der Waals surface area contributed by atoms with Crippen LogP contribution in [0.2, 0.25) is 4.34 Å². The molecule has 1 heterocycles. The molecule has 0 aliphatic heterocycles. The van der Waals surface area contributed by atoms with Gasteiger partial charge >= 0.3 is 0 Å². The van der Waals surface area contributed by atoms with E-state index in [-0.39, 0.29) is 37.4 Å². The molecule has 10 heavy (non-hydrogen) atoms. The van der Waals surface area contributed by atoms with Crippen molar-refractivity contribution in [1.29, 1.82) is 0 Å². The number of hydrogen-bond acceptors (Lipinski definition) is 2. The van der Waals surface area contributed by atoms with Crippen molar-refractivity contribution in [3.8, 4) is 0 Å². The van der Waals surface area contributed by atoms with E-state index < -0.39 is 0 Å². The number of aromatic nitrogens is 1. The van der Waals surface area contributed by atoms with Crippen molar-refractivity contribution in [3.63, 3.8) is 0 Å². The quantitative estimate of drug-likeness (QED) is 0.641. The summed E-state index contributed by atoms with van der Waals surface area (Å²) in [5.41, 5.74) is -0.0417. The molecule has 0 unspecified atom stereocenters. The molecule has 0 saturated heterocycles. The second-order valence-electron chi connectivity index (χ2n) is 1.38. The summed E-state index contributed by atoms with van der Waals surface area (Å²) in [4.78, 5) is 10.5. The number of aryl methyl sites for hydroxylation is 1. The van der Waals surface area contributed by atoms with Crippen LogP contribution in [-0.2, 0) is 26.5 Å². The van der Waals surface area contributed by atoms with Gasteiger partial charge in [-0.05, 0) is 11.5 Å². The normalized spacial score (nSPS) is 7.80. The zero-order valence-corrected chi connectivity index (χ0v) is 10.7. The van der Waals surface area contributed by atoms with Crippen molar-refractivity contribution in [3.05, 3.63) is 20.8 Å². The van der Waals surface area contributed by atoms with Crippen molar-refractivity contribution < 1.29 is 19.5 Å². The fourth-order valence-electron chi connectivity index (χ4n) is 0.390. The second-order valence-corrected chi connectivity index (χ2v) is 3.18. The summed E-state index contributed by atoms with van der Waals surface area (Å²) < 4.78 is 2.01. The largest absolute Gasteiger partial charge is 0.268 e. The monoisotopic (exact) mass is 249 g/mol. The molecule has 0 saturated carbocycles. The summed E-state index contributed by atoms with van der Waals surface area (Å²) in [6.45, 7) is 0. The van der Waals surface area contributed by atoms with Crippen LogP contribution in [0.15, 0.2) is 10.9 Å². The average molecular weight is 251 g/mol. The zero-order chi connectivity index (χ0) is 6.15. The smallest absolute Gasteiger partial charge is 0.261 e. The van der Waals surface area contributed by atoms with Gasteiger partial charge in [0.05, 0.1) is 0 Å². The molecule has 0 atom stereocenters. The van der Waals surface area contributed by atoms with Crippen molar-refractivity contribution in [1.82, 2.24) is 3.96 Å². The Bertz CT molecular complexity index is 246. The van der Waals surface area contributed by atoms with Crippen LogP contribution in [0, 0.1) is 0 Å². The zero-order valence-electron chi connectivity index (χ0n) is 5.33. The first kappa shape index (κ1) is 13.2. The van der Waals surface area contributed by atoms with Crippen molar-refractivity contribution in [2.75, 3.05) is 0 Å². The third-order valence-electron chi connectivity index (χ3n) is 0.771. The first-order valence-corrected chi connectivity index (χ1v) is 3.18. The predicted molar refractivity (Wildman–Crippen MR) is 41.8 cm³/mol. The van der Waals surface area contributed by atoms with Crippen LogP contribution in [0.3, 0.4) is 0 Å². The Kier molecular flexibility index (Phi) is 7.02. The summed E-state index contributed by atoms with van der Waals surface area (Å²) >= 11 is 6.70. The SMILES string of the molecule is Cl.Cn1sc(Cl)cc1=O.[Zn]. The number of hydrogen-bond donors (Lipinski definition) is 0. The van der Waals surface area contributed by atoms with Gasteiger partial charge in [0, 0.05) is 32.6 Å². The van der Waals surface area contributed by atoms with E-state index in [4.69, 9.17) is 11.6 Å². The van der Waals surface area contributed by atoms with Crippen LogP contribution < -0.4 is 5.56 Å². The molecule has 54 valence electrons. The fourth-order valence-corrected chi connectivity index (χ4v) is 1.35. The van der Waals surface area contributed by atoms with Crippen LogP contribution in [0.4, 0.5) is 0 Å². The maximum Gasteiger partial charge on any atom is 0.261 e. The third kappa shape index (κ3) is 3.15. The van der Waals surface area contributed by atoms with Crippen molar-refractivity contribution in [2.24, 2.45) is 7.05 Å². The summed E-state index contributed by atoms with van der Waals surface area (Å²) in [6, 6.07) is 1.40. The van der Waals surface area contributed by atoms with Crippen molar-refractivity contribution in [2.45, 2.75) is 0 Å². The first-order valence-electron chi connectivity index (χ1n) is 2.03. The van der Waals surface area contributed by atoms with E-state index in [9.17, 15) is 4.79 Å². The predicted octanol–water partition coefficient (Wildman–Crippen LogP) is 1.52. The molecule has 0 aromatic carbocycles. The van der Waals surface area contributed by atoms with Gasteiger partial charge in [-0.3, -0.25) is 8.75 Å². The van der Waals surface area contributed by atoms with Crippen LogP contribution in [-0.4, -0.2) is 3.96 Å². The Balaban J connectivity index is 0. The maximum atomic E-state index is 10.5. The van der Waals surface area contributed by atoms with Gasteiger partial charge in [0.15, 0.2) is 0 Å². The van der Waals surface area contributed by atoms with E-state index in [1.807, 2.05) is 0 Å². The topological polar surface area (TPSA) is 22.0 Å². The molecular weight excluding hydrogens is 246 g/mol. The van der Waals surface area contributed by atoms with Gasteiger partial charge in [-0.2, -0.15) is 0 Å². The molecule has 0 N–H and O–H groups in total. The Labute approximate surface area is 86.5 Å². The van der Waals surface area contributed by atoms with Crippen LogP contribution in [0.5, 0.6) is 0 Å². The van der Waals surface area contributed by atoms with E-state index in [2.05, 4.69) is 0 Å². The van der Waals surface area contributed by atoms with E-state index >= 15 is 0 Å². The Morgan fingerprint density at radius 2 is 2.20 bits per heavy atom.